The van der Waals surface area contributed by atoms with Crippen molar-refractivity contribution >= 4 is 56.2 Å². The van der Waals surface area contributed by atoms with Crippen LogP contribution < -0.4 is 5.43 Å². The smallest absolute Gasteiger partial charge is 0.253 e. The lowest BCUT2D eigenvalue weighted by atomic mass is 10.0. The van der Waals surface area contributed by atoms with Crippen LogP contribution in [-0.4, -0.2) is 27.5 Å². The number of fused-ring (bicyclic) bond motifs is 2. The van der Waals surface area contributed by atoms with E-state index in [2.05, 4.69) is 15.5 Å². The molecule has 1 atom stereocenters. The van der Waals surface area contributed by atoms with Gasteiger partial charge in [0.1, 0.15) is 5.75 Å². The van der Waals surface area contributed by atoms with E-state index in [9.17, 15) is 9.90 Å². The van der Waals surface area contributed by atoms with Crippen LogP contribution in [0.3, 0.4) is 0 Å². The van der Waals surface area contributed by atoms with Gasteiger partial charge in [0.2, 0.25) is 0 Å². The zero-order chi connectivity index (χ0) is 19.5. The summed E-state index contributed by atoms with van der Waals surface area (Å²) >= 11 is 2.97. The summed E-state index contributed by atoms with van der Waals surface area (Å²) in [5.74, 6) is -0.103. The van der Waals surface area contributed by atoms with Crippen molar-refractivity contribution in [2.24, 2.45) is 5.10 Å². The average molecular weight is 408 g/mol. The molecule has 2 N–H and O–H groups in total. The van der Waals surface area contributed by atoms with Crippen molar-refractivity contribution in [3.8, 4) is 5.75 Å². The lowest BCUT2D eigenvalue weighted by Crippen LogP contribution is -2.26. The van der Waals surface area contributed by atoms with E-state index < -0.39 is 0 Å². The summed E-state index contributed by atoms with van der Waals surface area (Å²) in [4.78, 5) is 16.9. The van der Waals surface area contributed by atoms with E-state index >= 15 is 0 Å². The number of carbonyl (C=O) groups is 1. The van der Waals surface area contributed by atoms with E-state index in [1.807, 2.05) is 61.5 Å². The van der Waals surface area contributed by atoms with Crippen LogP contribution in [0.4, 0.5) is 0 Å². The Morgan fingerprint density at radius 3 is 2.82 bits per heavy atom. The zero-order valence-electron chi connectivity index (χ0n) is 15.0. The number of hydrogen-bond donors (Lipinski definition) is 2. The molecule has 4 rings (SSSR count). The number of para-hydroxylation sites is 1. The molecule has 1 aromatic heterocycles. The van der Waals surface area contributed by atoms with Crippen LogP contribution in [0, 0.1) is 0 Å². The van der Waals surface area contributed by atoms with Crippen molar-refractivity contribution in [1.29, 1.82) is 0 Å². The largest absolute Gasteiger partial charge is 0.507 e. The minimum absolute atomic E-state index is 0.119. The second kappa shape index (κ2) is 8.00. The number of thiazole rings is 1. The summed E-state index contributed by atoms with van der Waals surface area (Å²) in [7, 11) is 0. The fourth-order valence-electron chi connectivity index (χ4n) is 2.78. The topological polar surface area (TPSA) is 74.6 Å². The molecule has 0 fully saturated rings. The van der Waals surface area contributed by atoms with Crippen molar-refractivity contribution in [2.75, 3.05) is 0 Å². The van der Waals surface area contributed by atoms with Gasteiger partial charge < -0.3 is 5.11 Å². The minimum Gasteiger partial charge on any atom is -0.507 e. The van der Waals surface area contributed by atoms with Crippen molar-refractivity contribution in [1.82, 2.24) is 10.4 Å². The summed E-state index contributed by atoms with van der Waals surface area (Å²) in [5.41, 5.74) is 4.06. The number of aromatic nitrogens is 1. The van der Waals surface area contributed by atoms with Crippen LogP contribution >= 0.6 is 23.1 Å². The zero-order valence-corrected chi connectivity index (χ0v) is 16.6. The Morgan fingerprint density at radius 1 is 1.18 bits per heavy atom. The second-order valence-corrected chi connectivity index (χ2v) is 8.78. The lowest BCUT2D eigenvalue weighted by molar-refractivity contribution is -0.120. The molecule has 0 aliphatic heterocycles. The predicted molar refractivity (Wildman–Crippen MR) is 116 cm³/mol. The fourth-order valence-corrected chi connectivity index (χ4v) is 4.98. The number of benzene rings is 3. The number of carbonyl (C=O) groups excluding carboxylic acids is 1. The van der Waals surface area contributed by atoms with Gasteiger partial charge in [-0.3, -0.25) is 4.79 Å². The molecule has 0 saturated heterocycles. The fraction of sp³-hybridized carbons (Fsp3) is 0.0952. The highest BCUT2D eigenvalue weighted by molar-refractivity contribution is 8.02. The molecular weight excluding hydrogens is 390 g/mol. The number of nitrogens with one attached hydrogen (secondary N) is 1. The second-order valence-electron chi connectivity index (χ2n) is 6.16. The Bertz CT molecular complexity index is 1150. The minimum atomic E-state index is -0.348. The van der Waals surface area contributed by atoms with Gasteiger partial charge in [0.05, 0.1) is 21.7 Å². The Labute approximate surface area is 170 Å². The first kappa shape index (κ1) is 18.5. The molecule has 1 heterocycles. The maximum absolute atomic E-state index is 12.4. The van der Waals surface area contributed by atoms with Gasteiger partial charge in [0.15, 0.2) is 4.34 Å². The van der Waals surface area contributed by atoms with E-state index in [1.165, 1.54) is 18.0 Å². The Kier molecular flexibility index (Phi) is 5.27. The van der Waals surface area contributed by atoms with Gasteiger partial charge >= 0.3 is 0 Å². The highest BCUT2D eigenvalue weighted by Crippen LogP contribution is 2.32. The summed E-state index contributed by atoms with van der Waals surface area (Å²) < 4.78 is 1.95. The molecule has 0 saturated carbocycles. The number of amides is 1. The first-order valence-corrected chi connectivity index (χ1v) is 10.4. The van der Waals surface area contributed by atoms with Crippen molar-refractivity contribution < 1.29 is 9.90 Å². The molecule has 0 radical (unpaired) electrons. The number of nitrogens with zero attached hydrogens (tertiary/aromatic N) is 2. The lowest BCUT2D eigenvalue weighted by Gasteiger charge is -2.07. The van der Waals surface area contributed by atoms with Crippen molar-refractivity contribution in [3.63, 3.8) is 0 Å². The Hall–Kier alpha value is -2.90. The quantitative estimate of drug-likeness (QED) is 0.283. The molecule has 0 aliphatic rings. The van der Waals surface area contributed by atoms with Crippen molar-refractivity contribution in [3.05, 3.63) is 66.2 Å². The summed E-state index contributed by atoms with van der Waals surface area (Å²) in [6.07, 6.45) is 1.48. The third-order valence-corrected chi connectivity index (χ3v) is 6.47. The number of phenols is 1. The number of rotatable bonds is 5. The highest BCUT2D eigenvalue weighted by Gasteiger charge is 2.16. The van der Waals surface area contributed by atoms with Gasteiger partial charge in [-0.15, -0.1) is 11.3 Å². The van der Waals surface area contributed by atoms with Gasteiger partial charge in [-0.2, -0.15) is 5.10 Å². The molecular formula is C21H17N3O2S2. The molecule has 0 bridgehead atoms. The van der Waals surface area contributed by atoms with Crippen LogP contribution in [0.15, 0.2) is 70.1 Å². The normalized spacial score (nSPS) is 12.6. The molecule has 28 heavy (non-hydrogen) atoms. The Balaban J connectivity index is 1.44. The average Bonchev–Trinajstić information content (AvgIpc) is 3.11. The van der Waals surface area contributed by atoms with Gasteiger partial charge in [0, 0.05) is 5.56 Å². The predicted octanol–water partition coefficient (Wildman–Crippen LogP) is 4.79. The van der Waals surface area contributed by atoms with Gasteiger partial charge in [-0.1, -0.05) is 54.2 Å². The van der Waals surface area contributed by atoms with Crippen molar-refractivity contribution in [2.45, 2.75) is 16.5 Å². The molecule has 1 amide bonds. The van der Waals surface area contributed by atoms with E-state index in [4.69, 9.17) is 0 Å². The summed E-state index contributed by atoms with van der Waals surface area (Å²) in [6.45, 7) is 1.82. The molecule has 0 unspecified atom stereocenters. The molecule has 7 heteroatoms. The summed E-state index contributed by atoms with van der Waals surface area (Å²) in [6, 6.07) is 19.1. The Morgan fingerprint density at radius 2 is 1.96 bits per heavy atom. The van der Waals surface area contributed by atoms with E-state index in [0.29, 0.717) is 5.56 Å². The number of phenolic OH excluding ortho intramolecular Hbond substituents is 1. The van der Waals surface area contributed by atoms with Gasteiger partial charge in [-0.05, 0) is 35.9 Å². The first-order chi connectivity index (χ1) is 13.6. The molecule has 0 aliphatic carbocycles. The monoisotopic (exact) mass is 407 g/mol. The summed E-state index contributed by atoms with van der Waals surface area (Å²) in [5, 5.41) is 15.7. The number of hydrazone groups is 1. The molecule has 3 aromatic carbocycles. The van der Waals surface area contributed by atoms with E-state index in [0.717, 1.165) is 25.3 Å². The highest BCUT2D eigenvalue weighted by atomic mass is 32.2. The van der Waals surface area contributed by atoms with E-state index in [1.54, 1.807) is 17.4 Å². The number of hydrogen-bond acceptors (Lipinski definition) is 6. The maximum Gasteiger partial charge on any atom is 0.253 e. The van der Waals surface area contributed by atoms with Crippen LogP contribution in [-0.2, 0) is 4.79 Å². The van der Waals surface area contributed by atoms with Crippen LogP contribution in [0.2, 0.25) is 0 Å². The van der Waals surface area contributed by atoms with Crippen LogP contribution in [0.5, 0.6) is 5.75 Å². The molecule has 4 aromatic rings. The third kappa shape index (κ3) is 3.85. The maximum atomic E-state index is 12.4. The SMILES string of the molecule is C[C@@H](Sc1nc2ccccc2s1)C(=O)N/N=C\c1c(O)ccc2ccccc12. The van der Waals surface area contributed by atoms with E-state index in [-0.39, 0.29) is 16.9 Å². The van der Waals surface area contributed by atoms with Gasteiger partial charge in [0.25, 0.3) is 5.91 Å². The molecule has 0 spiro atoms. The molecule has 5 nitrogen and oxygen atoms in total. The van der Waals surface area contributed by atoms with Gasteiger partial charge in [-0.25, -0.2) is 10.4 Å². The third-order valence-electron chi connectivity index (χ3n) is 4.24. The first-order valence-electron chi connectivity index (χ1n) is 8.67. The van der Waals surface area contributed by atoms with Crippen LogP contribution in [0.1, 0.15) is 12.5 Å². The standard InChI is InChI=1S/C21H17N3O2S2/c1-13(27-21-23-17-8-4-5-9-19(17)28-21)20(26)24-22-12-16-15-7-3-2-6-14(15)10-11-18(16)25/h2-13,25H,1H3,(H,24,26)/b22-12-/t13-/m1/s1. The molecule has 140 valence electrons. The van der Waals surface area contributed by atoms with Crippen LogP contribution in [0.25, 0.3) is 21.0 Å². The number of aromatic hydroxyl groups is 1. The number of thioether (sulfide) groups is 1.